The number of allylic oxidation sites excluding steroid dienone is 3. The number of Topliss-reactive ketones (excluding diaryl/α,β-unsaturated/α-hetero) is 1. The average Bonchev–Trinajstić information content (AvgIpc) is 4.24. The number of aryl methyl sites for hydroxylation is 2. The smallest absolute Gasteiger partial charge is 0.542 e. The molecule has 0 saturated heterocycles. The molecule has 1 aliphatic carbocycles. The van der Waals surface area contributed by atoms with Crippen molar-refractivity contribution in [2.45, 2.75) is 191 Å². The van der Waals surface area contributed by atoms with E-state index in [1.165, 1.54) is 75.7 Å². The molecule has 0 spiro atoms. The van der Waals surface area contributed by atoms with Crippen LogP contribution in [-0.4, -0.2) is 103 Å². The second-order valence-electron chi connectivity index (χ2n) is 20.2. The number of H-pyrrole nitrogens is 1. The van der Waals surface area contributed by atoms with E-state index < -0.39 is 0 Å². The SMILES string of the molecule is C=C(/C=C(\C)C(C)N1CC=C(c2c(C)cc(C(C)=O)cc2F)CC1)/C(=C\C=NC)N/C=C\C(=C/C(C)OC)NC.CC.CCCC(CCC)CN(CCC)C(C)CC.CCc1ccc2[nH]c(=O)n(C3CC3)c2c1.[CH2-]CC[C-]=O.[K+]. The molecule has 1 aromatic heterocycles. The number of aliphatic imine (C=N–C) groups is 1. The number of methoxy groups -OCH3 is 1. The number of nitrogens with one attached hydrogen (secondary N) is 3. The summed E-state index contributed by atoms with van der Waals surface area (Å²) in [5.41, 5.74) is 9.97. The number of aromatic nitrogens is 2. The van der Waals surface area contributed by atoms with Gasteiger partial charge in [0.15, 0.2) is 5.78 Å². The van der Waals surface area contributed by atoms with Crippen molar-refractivity contribution in [1.82, 2.24) is 30.0 Å². The van der Waals surface area contributed by atoms with Gasteiger partial charge in [0, 0.05) is 93.9 Å². The summed E-state index contributed by atoms with van der Waals surface area (Å²) < 4.78 is 22.1. The van der Waals surface area contributed by atoms with Crippen molar-refractivity contribution in [1.29, 1.82) is 0 Å². The van der Waals surface area contributed by atoms with Crippen LogP contribution in [0.25, 0.3) is 16.6 Å². The van der Waals surface area contributed by atoms with E-state index in [4.69, 9.17) is 4.74 Å². The Balaban J connectivity index is 0.00000127. The summed E-state index contributed by atoms with van der Waals surface area (Å²) in [6.45, 7) is 39.2. The predicted octanol–water partition coefficient (Wildman–Crippen LogP) is 11.8. The van der Waals surface area contributed by atoms with Gasteiger partial charge in [-0.1, -0.05) is 91.7 Å². The molecule has 3 aromatic rings. The number of rotatable bonds is 27. The molecule has 3 N–H and O–H groups in total. The van der Waals surface area contributed by atoms with Crippen LogP contribution < -0.4 is 67.7 Å². The molecule has 0 bridgehead atoms. The predicted molar refractivity (Wildman–Crippen MR) is 333 cm³/mol. The van der Waals surface area contributed by atoms with Crippen molar-refractivity contribution in [2.75, 3.05) is 47.4 Å². The van der Waals surface area contributed by atoms with Gasteiger partial charge in [0.05, 0.1) is 17.1 Å². The summed E-state index contributed by atoms with van der Waals surface area (Å²) >= 11 is 0. The molecule has 13 heteroatoms. The average molecular weight is 1120 g/mol. The van der Waals surface area contributed by atoms with Gasteiger partial charge in [0.25, 0.3) is 0 Å². The topological polar surface area (TPSA) is 124 Å². The van der Waals surface area contributed by atoms with Gasteiger partial charge in [-0.25, -0.2) is 15.6 Å². The van der Waals surface area contributed by atoms with Crippen LogP contribution >= 0.6 is 0 Å². The number of ether oxygens (including phenoxy) is 1. The molecule has 11 nitrogen and oxygen atoms in total. The number of benzene rings is 2. The van der Waals surface area contributed by atoms with E-state index in [1.807, 2.05) is 69.8 Å². The molecule has 3 atom stereocenters. The Morgan fingerprint density at radius 2 is 1.73 bits per heavy atom. The van der Waals surface area contributed by atoms with Crippen LogP contribution in [0.2, 0.25) is 0 Å². The Kier molecular flexibility index (Phi) is 40.9. The Morgan fingerprint density at radius 3 is 2.22 bits per heavy atom. The van der Waals surface area contributed by atoms with Crippen molar-refractivity contribution in [3.8, 4) is 0 Å². The van der Waals surface area contributed by atoms with Gasteiger partial charge in [-0.15, -0.1) is 0 Å². The molecule has 5 rings (SSSR count). The molecule has 436 valence electrons. The Hall–Kier alpha value is -3.79. The van der Waals surface area contributed by atoms with Crippen molar-refractivity contribution in [3.05, 3.63) is 142 Å². The molecule has 1 aliphatic heterocycles. The van der Waals surface area contributed by atoms with E-state index in [0.29, 0.717) is 36.6 Å². The molecule has 2 aliphatic rings. The third-order valence-corrected chi connectivity index (χ3v) is 14.2. The zero-order valence-electron chi connectivity index (χ0n) is 52.3. The molecule has 0 radical (unpaired) electrons. The number of unbranched alkanes of at least 4 members (excludes halogenated alkanes) is 1. The van der Waals surface area contributed by atoms with E-state index in [1.54, 1.807) is 32.7 Å². The number of fused-ring (bicyclic) bond motifs is 1. The van der Waals surface area contributed by atoms with Crippen LogP contribution in [0.3, 0.4) is 0 Å². The number of ketones is 1. The minimum atomic E-state index is -0.327. The van der Waals surface area contributed by atoms with Gasteiger partial charge in [-0.3, -0.25) is 25.5 Å². The van der Waals surface area contributed by atoms with Crippen molar-refractivity contribution < 1.29 is 70.1 Å². The molecule has 1 fully saturated rings. The number of likely N-dealkylation sites (N-methyl/N-ethyl adjacent to an activating group) is 1. The number of hydrogen-bond acceptors (Lipinski definition) is 9. The number of imidazole rings is 1. The first-order valence-corrected chi connectivity index (χ1v) is 29.1. The van der Waals surface area contributed by atoms with E-state index in [-0.39, 0.29) is 80.8 Å². The second kappa shape index (κ2) is 43.0. The van der Waals surface area contributed by atoms with Gasteiger partial charge in [-0.2, -0.15) is 6.42 Å². The zero-order valence-corrected chi connectivity index (χ0v) is 55.5. The number of hydrogen-bond donors (Lipinski definition) is 3. The number of aromatic amines is 1. The molecule has 0 amide bonds. The fourth-order valence-corrected chi connectivity index (χ4v) is 9.21. The van der Waals surface area contributed by atoms with Crippen LogP contribution in [-0.2, 0) is 16.0 Å². The number of halogens is 1. The molecular formula is C66H104FKN7O4-. The van der Waals surface area contributed by atoms with Gasteiger partial charge < -0.3 is 37.0 Å². The van der Waals surface area contributed by atoms with Crippen LogP contribution in [0.1, 0.15) is 187 Å². The summed E-state index contributed by atoms with van der Waals surface area (Å²) in [4.78, 5) is 44.7. The maximum Gasteiger partial charge on any atom is 1.00 e. The number of carbonyl (C=O) groups is 1. The number of carbonyl (C=O) groups excluding carboxylic acids is 2. The van der Waals surface area contributed by atoms with Gasteiger partial charge >= 0.3 is 57.1 Å². The van der Waals surface area contributed by atoms with Crippen LogP contribution in [0.15, 0.2) is 106 Å². The molecular weight excluding hydrogens is 1010 g/mol. The van der Waals surface area contributed by atoms with Crippen molar-refractivity contribution in [2.24, 2.45) is 10.9 Å². The summed E-state index contributed by atoms with van der Waals surface area (Å²) in [5, 5.41) is 6.48. The maximum absolute atomic E-state index is 14.9. The van der Waals surface area contributed by atoms with E-state index in [9.17, 15) is 18.8 Å². The standard InChI is InChI=1S/C33H45FN4O2.C15H33N.C12H14N2O.C4H6O.C2H6.K/c1-22(18-23(2)32(11-14-35-7)37-15-10-30(36-8)20-25(4)40-9)26(5)38-16-12-28(13-17-38)33-24(3)19-29(27(6)39)21-31(33)34;1-6-10-15(11-7-2)13-16(12-8-3)14(5)9-4;1-2-8-3-6-10-11(7-8)14(9-4-5-9)12(15)13-10;1-2-3-4-5;1-2;/h10-12,14-15,18-21,25-26,36-37H,2,13,16-17H2,1,3-9H3;14-15H,6-13H2,1-5H3;3,6-7,9H,2,4-5H2,1H3,(H,13,15);1-3H2;1-2H3;/q;;;-2;;+1/b15-10-,22-18+,30-20+,32-11+,35-14?;;;;;. The number of nitrogens with zero attached hydrogens (tertiary/aromatic N) is 4. The van der Waals surface area contributed by atoms with Gasteiger partial charge in [-0.05, 0) is 170 Å². The molecule has 79 heavy (non-hydrogen) atoms. The van der Waals surface area contributed by atoms with Crippen LogP contribution in [0, 0.1) is 25.6 Å². The van der Waals surface area contributed by atoms with Gasteiger partial charge in [0.2, 0.25) is 0 Å². The normalized spacial score (nSPS) is 15.1. The molecule has 1 saturated carbocycles. The second-order valence-corrected chi connectivity index (χ2v) is 20.2. The minimum Gasteiger partial charge on any atom is -0.542 e. The Morgan fingerprint density at radius 1 is 1.06 bits per heavy atom. The Bertz CT molecular complexity index is 2470. The van der Waals surface area contributed by atoms with E-state index in [0.717, 1.165) is 83.3 Å². The third-order valence-electron chi connectivity index (χ3n) is 14.2. The first-order chi connectivity index (χ1) is 37.4. The monoisotopic (exact) mass is 1120 g/mol. The molecule has 2 heterocycles. The van der Waals surface area contributed by atoms with Crippen LogP contribution in [0.5, 0.6) is 0 Å². The molecule has 2 aromatic carbocycles. The maximum atomic E-state index is 14.9. The van der Waals surface area contributed by atoms with E-state index >= 15 is 0 Å². The first kappa shape index (κ1) is 75.2. The first-order valence-electron chi connectivity index (χ1n) is 29.1. The zero-order chi connectivity index (χ0) is 58.7. The van der Waals surface area contributed by atoms with Crippen LogP contribution in [0.4, 0.5) is 4.39 Å². The summed E-state index contributed by atoms with van der Waals surface area (Å²) in [7, 11) is 5.27. The fourth-order valence-electron chi connectivity index (χ4n) is 9.21. The molecule has 3 unspecified atom stereocenters. The largest absolute Gasteiger partial charge is 1.00 e. The van der Waals surface area contributed by atoms with Crippen molar-refractivity contribution >= 4 is 34.9 Å². The summed E-state index contributed by atoms with van der Waals surface area (Å²) in [5.74, 6) is 0.473. The summed E-state index contributed by atoms with van der Waals surface area (Å²) in [6.07, 6.45) is 28.6. The van der Waals surface area contributed by atoms with Gasteiger partial charge in [0.1, 0.15) is 5.82 Å². The Labute approximate surface area is 521 Å². The fraction of sp³-hybridized carbons (Fsp3) is 0.561. The van der Waals surface area contributed by atoms with Crippen molar-refractivity contribution in [3.63, 3.8) is 0 Å². The minimum absolute atomic E-state index is 0. The third kappa shape index (κ3) is 27.2. The quantitative estimate of drug-likeness (QED) is 0.0227. The summed E-state index contributed by atoms with van der Waals surface area (Å²) in [6, 6.07) is 10.7. The van der Waals surface area contributed by atoms with E-state index in [2.05, 4.69) is 124 Å².